The largest absolute Gasteiger partial charge is 0.480 e. The van der Waals surface area contributed by atoms with Gasteiger partial charge in [-0.3, -0.25) is 4.79 Å². The van der Waals surface area contributed by atoms with Crippen molar-refractivity contribution in [3.8, 4) is 0 Å². The molecule has 1 unspecified atom stereocenters. The average Bonchev–Trinajstić information content (AvgIpc) is 2.77. The Hall–Kier alpha value is -1.41. The zero-order valence-corrected chi connectivity index (χ0v) is 13.1. The van der Waals surface area contributed by atoms with E-state index in [9.17, 15) is 23.1 Å². The number of amides is 1. The Labute approximate surface area is 121 Å². The molecule has 1 atom stereocenters. The first kappa shape index (κ1) is 16.6. The van der Waals surface area contributed by atoms with Crippen molar-refractivity contribution in [1.82, 2.24) is 5.32 Å². The Morgan fingerprint density at radius 2 is 2.05 bits per heavy atom. The zero-order valence-electron chi connectivity index (χ0n) is 11.5. The molecule has 1 heterocycles. The Morgan fingerprint density at radius 3 is 2.45 bits per heavy atom. The number of nitrogens with one attached hydrogen (secondary N) is 1. The normalized spacial score (nSPS) is 14.6. The van der Waals surface area contributed by atoms with E-state index < -0.39 is 27.3 Å². The number of carboxylic acid groups (broad SMARTS) is 1. The van der Waals surface area contributed by atoms with Gasteiger partial charge in [0.2, 0.25) is 0 Å². The Bertz CT molecular complexity index is 620. The summed E-state index contributed by atoms with van der Waals surface area (Å²) in [6.45, 7) is 3.25. The fourth-order valence-electron chi connectivity index (χ4n) is 1.68. The maximum absolute atomic E-state index is 12.0. The van der Waals surface area contributed by atoms with Crippen LogP contribution < -0.4 is 5.32 Å². The molecule has 1 rings (SSSR count). The number of rotatable bonds is 6. The monoisotopic (exact) mass is 319 g/mol. The van der Waals surface area contributed by atoms with E-state index in [1.54, 1.807) is 0 Å². The van der Waals surface area contributed by atoms with Crippen molar-refractivity contribution in [2.75, 3.05) is 6.26 Å². The SMILES string of the molecule is CCCC(C)(NC(=O)c1csc(S(C)(=O)=O)c1)C(=O)O. The second-order valence-corrected chi connectivity index (χ2v) is 7.92. The number of thiophene rings is 1. The molecule has 0 bridgehead atoms. The van der Waals surface area contributed by atoms with Crippen molar-refractivity contribution < 1.29 is 23.1 Å². The maximum Gasteiger partial charge on any atom is 0.329 e. The molecule has 2 N–H and O–H groups in total. The van der Waals surface area contributed by atoms with Crippen LogP contribution in [0, 0.1) is 0 Å². The first-order valence-electron chi connectivity index (χ1n) is 5.94. The summed E-state index contributed by atoms with van der Waals surface area (Å²) in [5.41, 5.74) is -1.21. The zero-order chi connectivity index (χ0) is 15.6. The molecule has 0 aliphatic carbocycles. The minimum absolute atomic E-state index is 0.0789. The number of carbonyl (C=O) groups is 2. The van der Waals surface area contributed by atoms with Gasteiger partial charge in [-0.2, -0.15) is 0 Å². The molecule has 0 radical (unpaired) electrons. The molecular formula is C12H17NO5S2. The molecular weight excluding hydrogens is 302 g/mol. The lowest BCUT2D eigenvalue weighted by Crippen LogP contribution is -2.52. The van der Waals surface area contributed by atoms with Crippen LogP contribution in [0.5, 0.6) is 0 Å². The Kier molecular flexibility index (Phi) is 4.93. The van der Waals surface area contributed by atoms with E-state index in [4.69, 9.17) is 0 Å². The van der Waals surface area contributed by atoms with Crippen LogP contribution in [0.4, 0.5) is 0 Å². The lowest BCUT2D eigenvalue weighted by atomic mass is 9.96. The van der Waals surface area contributed by atoms with Gasteiger partial charge in [0.05, 0.1) is 5.56 Å². The summed E-state index contributed by atoms with van der Waals surface area (Å²) in [7, 11) is -3.36. The van der Waals surface area contributed by atoms with Gasteiger partial charge in [0.15, 0.2) is 9.84 Å². The molecule has 8 heteroatoms. The predicted molar refractivity (Wildman–Crippen MR) is 75.8 cm³/mol. The molecule has 1 aromatic rings. The molecule has 0 spiro atoms. The molecule has 6 nitrogen and oxygen atoms in total. The maximum atomic E-state index is 12.0. The van der Waals surface area contributed by atoms with E-state index in [0.29, 0.717) is 6.42 Å². The summed E-state index contributed by atoms with van der Waals surface area (Å²) in [4.78, 5) is 23.3. The second-order valence-electron chi connectivity index (χ2n) is 4.77. The summed E-state index contributed by atoms with van der Waals surface area (Å²) in [6, 6.07) is 1.25. The van der Waals surface area contributed by atoms with E-state index >= 15 is 0 Å². The quantitative estimate of drug-likeness (QED) is 0.828. The van der Waals surface area contributed by atoms with Gasteiger partial charge in [-0.05, 0) is 19.4 Å². The van der Waals surface area contributed by atoms with Crippen molar-refractivity contribution in [3.63, 3.8) is 0 Å². The van der Waals surface area contributed by atoms with E-state index in [1.165, 1.54) is 18.4 Å². The van der Waals surface area contributed by atoms with Gasteiger partial charge in [0, 0.05) is 11.6 Å². The van der Waals surface area contributed by atoms with Gasteiger partial charge in [0.1, 0.15) is 9.75 Å². The third kappa shape index (κ3) is 3.80. The summed E-state index contributed by atoms with van der Waals surface area (Å²) in [5, 5.41) is 13.0. The first-order valence-corrected chi connectivity index (χ1v) is 8.72. The standard InChI is InChI=1S/C12H17NO5S2/c1-4-5-12(2,11(15)16)13-10(14)8-6-9(19-7-8)20(3,17)18/h6-7H,4-5H2,1-3H3,(H,13,14)(H,15,16). The van der Waals surface area contributed by atoms with E-state index in [1.807, 2.05) is 6.92 Å². The number of hydrogen-bond donors (Lipinski definition) is 2. The fraction of sp³-hybridized carbons (Fsp3) is 0.500. The summed E-state index contributed by atoms with van der Waals surface area (Å²) < 4.78 is 22.8. The Balaban J connectivity index is 2.96. The molecule has 0 aromatic carbocycles. The van der Waals surface area contributed by atoms with Crippen molar-refractivity contribution in [2.24, 2.45) is 0 Å². The van der Waals surface area contributed by atoms with Crippen LogP contribution in [0.1, 0.15) is 37.0 Å². The second kappa shape index (κ2) is 5.92. The first-order chi connectivity index (χ1) is 9.10. The highest BCUT2D eigenvalue weighted by Crippen LogP contribution is 2.21. The number of carbonyl (C=O) groups excluding carboxylic acids is 1. The van der Waals surface area contributed by atoms with Gasteiger partial charge in [-0.25, -0.2) is 13.2 Å². The predicted octanol–water partition coefficient (Wildman–Crippen LogP) is 1.52. The number of aliphatic carboxylic acids is 1. The van der Waals surface area contributed by atoms with Crippen molar-refractivity contribution in [2.45, 2.75) is 36.4 Å². The molecule has 0 fully saturated rings. The van der Waals surface area contributed by atoms with Crippen LogP contribution >= 0.6 is 11.3 Å². The van der Waals surface area contributed by atoms with Crippen molar-refractivity contribution in [3.05, 3.63) is 17.0 Å². The lowest BCUT2D eigenvalue weighted by Gasteiger charge is -2.25. The molecule has 1 aromatic heterocycles. The van der Waals surface area contributed by atoms with Gasteiger partial charge >= 0.3 is 5.97 Å². The number of sulfone groups is 1. The molecule has 1 amide bonds. The Morgan fingerprint density at radius 1 is 1.45 bits per heavy atom. The number of carboxylic acids is 1. The van der Waals surface area contributed by atoms with Gasteiger partial charge in [-0.1, -0.05) is 13.3 Å². The molecule has 0 aliphatic heterocycles. The highest BCUT2D eigenvalue weighted by Gasteiger charge is 2.34. The van der Waals surface area contributed by atoms with Gasteiger partial charge in [0.25, 0.3) is 5.91 Å². The van der Waals surface area contributed by atoms with Crippen molar-refractivity contribution >= 4 is 33.1 Å². The summed E-state index contributed by atoms with van der Waals surface area (Å²) in [5.74, 6) is -1.71. The van der Waals surface area contributed by atoms with Crippen LogP contribution in [0.2, 0.25) is 0 Å². The van der Waals surface area contributed by atoms with E-state index in [0.717, 1.165) is 17.6 Å². The molecule has 20 heavy (non-hydrogen) atoms. The fourth-order valence-corrected chi connectivity index (χ4v) is 3.47. The van der Waals surface area contributed by atoms with Crippen molar-refractivity contribution in [1.29, 1.82) is 0 Å². The van der Waals surface area contributed by atoms with Crippen LogP contribution in [-0.2, 0) is 14.6 Å². The highest BCUT2D eigenvalue weighted by molar-refractivity contribution is 7.92. The van der Waals surface area contributed by atoms with Crippen LogP contribution in [0.3, 0.4) is 0 Å². The van der Waals surface area contributed by atoms with E-state index in [-0.39, 0.29) is 16.2 Å². The summed E-state index contributed by atoms with van der Waals surface area (Å²) in [6.07, 6.45) is 1.94. The average molecular weight is 319 g/mol. The highest BCUT2D eigenvalue weighted by atomic mass is 32.2. The third-order valence-electron chi connectivity index (χ3n) is 2.81. The smallest absolute Gasteiger partial charge is 0.329 e. The third-order valence-corrected chi connectivity index (χ3v) is 5.58. The van der Waals surface area contributed by atoms with Crippen LogP contribution in [-0.4, -0.2) is 37.2 Å². The molecule has 112 valence electrons. The van der Waals surface area contributed by atoms with Crippen LogP contribution in [0.25, 0.3) is 0 Å². The van der Waals surface area contributed by atoms with Crippen LogP contribution in [0.15, 0.2) is 15.7 Å². The topological polar surface area (TPSA) is 101 Å². The van der Waals surface area contributed by atoms with Gasteiger partial charge < -0.3 is 10.4 Å². The van der Waals surface area contributed by atoms with Gasteiger partial charge in [-0.15, -0.1) is 11.3 Å². The minimum Gasteiger partial charge on any atom is -0.480 e. The summed E-state index contributed by atoms with van der Waals surface area (Å²) >= 11 is 0.936. The molecule has 0 saturated heterocycles. The van der Waals surface area contributed by atoms with E-state index in [2.05, 4.69) is 5.32 Å². The molecule has 0 saturated carbocycles. The minimum atomic E-state index is -3.36. The molecule has 0 aliphatic rings. The lowest BCUT2D eigenvalue weighted by molar-refractivity contribution is -0.144. The number of hydrogen-bond acceptors (Lipinski definition) is 5.